The smallest absolute Gasteiger partial charge is 0.316 e. The minimum atomic E-state index is -0.625. The van der Waals surface area contributed by atoms with Gasteiger partial charge in [0, 0.05) is 17.9 Å². The van der Waals surface area contributed by atoms with Gasteiger partial charge in [-0.1, -0.05) is 13.0 Å². The summed E-state index contributed by atoms with van der Waals surface area (Å²) in [5, 5.41) is 8.74. The van der Waals surface area contributed by atoms with Gasteiger partial charge in [0.25, 0.3) is 0 Å². The highest BCUT2D eigenvalue weighted by Crippen LogP contribution is 2.31. The highest BCUT2D eigenvalue weighted by Gasteiger charge is 2.37. The predicted molar refractivity (Wildman–Crippen MR) is 83.1 cm³/mol. The number of nitrogens with one attached hydrogen (secondary N) is 3. The summed E-state index contributed by atoms with van der Waals surface area (Å²) in [7, 11) is 0. The lowest BCUT2D eigenvalue weighted by molar-refractivity contribution is -0.126. The lowest BCUT2D eigenvalue weighted by Gasteiger charge is -2.35. The SMILES string of the molecule is CCC1(C(=O)Nc2cccc(NC(N)=O)c2)CCCNC1. The van der Waals surface area contributed by atoms with Crippen molar-refractivity contribution in [2.45, 2.75) is 26.2 Å². The van der Waals surface area contributed by atoms with Crippen LogP contribution in [0.1, 0.15) is 26.2 Å². The molecule has 6 heteroatoms. The Morgan fingerprint density at radius 1 is 1.33 bits per heavy atom. The van der Waals surface area contributed by atoms with Crippen LogP contribution in [0.25, 0.3) is 0 Å². The Labute approximate surface area is 124 Å². The highest BCUT2D eigenvalue weighted by atomic mass is 16.2. The maximum Gasteiger partial charge on any atom is 0.316 e. The van der Waals surface area contributed by atoms with Gasteiger partial charge in [-0.2, -0.15) is 0 Å². The quantitative estimate of drug-likeness (QED) is 0.682. The van der Waals surface area contributed by atoms with E-state index in [1.807, 2.05) is 6.92 Å². The van der Waals surface area contributed by atoms with Gasteiger partial charge in [-0.15, -0.1) is 0 Å². The summed E-state index contributed by atoms with van der Waals surface area (Å²) in [5.74, 6) is 0.0217. The molecule has 5 N–H and O–H groups in total. The number of carbonyl (C=O) groups is 2. The highest BCUT2D eigenvalue weighted by molar-refractivity contribution is 5.96. The van der Waals surface area contributed by atoms with Gasteiger partial charge in [-0.05, 0) is 44.0 Å². The predicted octanol–water partition coefficient (Wildman–Crippen LogP) is 1.90. The van der Waals surface area contributed by atoms with Crippen LogP contribution in [0, 0.1) is 5.41 Å². The molecule has 6 nitrogen and oxygen atoms in total. The van der Waals surface area contributed by atoms with Gasteiger partial charge in [0.1, 0.15) is 0 Å². The largest absolute Gasteiger partial charge is 0.351 e. The van der Waals surface area contributed by atoms with Crippen molar-refractivity contribution < 1.29 is 9.59 Å². The van der Waals surface area contributed by atoms with Gasteiger partial charge in [0.05, 0.1) is 5.41 Å². The minimum Gasteiger partial charge on any atom is -0.351 e. The third-order valence-electron chi connectivity index (χ3n) is 4.02. The van der Waals surface area contributed by atoms with Gasteiger partial charge in [-0.25, -0.2) is 4.79 Å². The first-order chi connectivity index (χ1) is 10.1. The maximum atomic E-state index is 12.6. The van der Waals surface area contributed by atoms with E-state index in [9.17, 15) is 9.59 Å². The van der Waals surface area contributed by atoms with Crippen molar-refractivity contribution >= 4 is 23.3 Å². The van der Waals surface area contributed by atoms with Crippen LogP contribution in [-0.4, -0.2) is 25.0 Å². The summed E-state index contributed by atoms with van der Waals surface area (Å²) in [6.07, 6.45) is 2.69. The van der Waals surface area contributed by atoms with Crippen molar-refractivity contribution in [3.8, 4) is 0 Å². The molecule has 21 heavy (non-hydrogen) atoms. The molecule has 1 fully saturated rings. The lowest BCUT2D eigenvalue weighted by Crippen LogP contribution is -2.47. The molecule has 0 spiro atoms. The van der Waals surface area contributed by atoms with Gasteiger partial charge in [0.2, 0.25) is 5.91 Å². The molecule has 0 radical (unpaired) electrons. The molecule has 3 amide bonds. The second-order valence-corrected chi connectivity index (χ2v) is 5.44. The van der Waals surface area contributed by atoms with E-state index >= 15 is 0 Å². The zero-order chi connectivity index (χ0) is 15.3. The van der Waals surface area contributed by atoms with E-state index in [0.717, 1.165) is 25.8 Å². The number of urea groups is 1. The molecule has 1 atom stereocenters. The monoisotopic (exact) mass is 290 g/mol. The Hall–Kier alpha value is -2.08. The average Bonchev–Trinajstić information content (AvgIpc) is 2.47. The number of anilines is 2. The van der Waals surface area contributed by atoms with Crippen LogP contribution in [0.3, 0.4) is 0 Å². The Morgan fingerprint density at radius 2 is 2.05 bits per heavy atom. The van der Waals surface area contributed by atoms with Crippen molar-refractivity contribution in [2.75, 3.05) is 23.7 Å². The number of piperidine rings is 1. The molecule has 2 rings (SSSR count). The van der Waals surface area contributed by atoms with E-state index in [2.05, 4.69) is 16.0 Å². The zero-order valence-corrected chi connectivity index (χ0v) is 12.2. The molecule has 1 unspecified atom stereocenters. The van der Waals surface area contributed by atoms with E-state index < -0.39 is 6.03 Å². The number of nitrogens with two attached hydrogens (primary N) is 1. The van der Waals surface area contributed by atoms with Gasteiger partial charge >= 0.3 is 6.03 Å². The molecule has 114 valence electrons. The van der Waals surface area contributed by atoms with Crippen LogP contribution < -0.4 is 21.7 Å². The van der Waals surface area contributed by atoms with Crippen LogP contribution in [0.2, 0.25) is 0 Å². The van der Waals surface area contributed by atoms with Gasteiger partial charge in [0.15, 0.2) is 0 Å². The van der Waals surface area contributed by atoms with E-state index in [4.69, 9.17) is 5.73 Å². The molecule has 1 aromatic carbocycles. The Bertz CT molecular complexity index is 524. The summed E-state index contributed by atoms with van der Waals surface area (Å²) < 4.78 is 0. The van der Waals surface area contributed by atoms with Gasteiger partial charge < -0.3 is 21.7 Å². The number of rotatable bonds is 4. The number of hydrogen-bond donors (Lipinski definition) is 4. The number of amides is 3. The maximum absolute atomic E-state index is 12.6. The summed E-state index contributed by atoms with van der Waals surface area (Å²) in [4.78, 5) is 23.5. The number of hydrogen-bond acceptors (Lipinski definition) is 3. The van der Waals surface area contributed by atoms with Crippen molar-refractivity contribution in [3.63, 3.8) is 0 Å². The van der Waals surface area contributed by atoms with E-state index in [1.54, 1.807) is 24.3 Å². The fourth-order valence-corrected chi connectivity index (χ4v) is 2.70. The first-order valence-corrected chi connectivity index (χ1v) is 7.24. The van der Waals surface area contributed by atoms with Crippen LogP contribution in [0.5, 0.6) is 0 Å². The molecule has 1 aliphatic heterocycles. The zero-order valence-electron chi connectivity index (χ0n) is 12.2. The van der Waals surface area contributed by atoms with Crippen LogP contribution in [0.4, 0.5) is 16.2 Å². The molecule has 1 aromatic rings. The molecule has 0 bridgehead atoms. The molecular formula is C15H22N4O2. The topological polar surface area (TPSA) is 96.2 Å². The van der Waals surface area contributed by atoms with Crippen molar-refractivity contribution in [2.24, 2.45) is 11.1 Å². The molecular weight excluding hydrogens is 268 g/mol. The van der Waals surface area contributed by atoms with E-state index in [-0.39, 0.29) is 11.3 Å². The third-order valence-corrected chi connectivity index (χ3v) is 4.02. The summed E-state index contributed by atoms with van der Waals surface area (Å²) in [6.45, 7) is 3.71. The third kappa shape index (κ3) is 3.72. The average molecular weight is 290 g/mol. The molecule has 1 heterocycles. The fourth-order valence-electron chi connectivity index (χ4n) is 2.70. The Kier molecular flexibility index (Phi) is 4.80. The Balaban J connectivity index is 2.09. The summed E-state index contributed by atoms with van der Waals surface area (Å²) >= 11 is 0. The normalized spacial score (nSPS) is 21.6. The standard InChI is InChI=1S/C15H22N4O2/c1-2-15(7-4-8-17-10-15)13(20)18-11-5-3-6-12(9-11)19-14(16)21/h3,5-6,9,17H,2,4,7-8,10H2,1H3,(H,18,20)(H3,16,19,21). The molecule has 1 saturated heterocycles. The van der Waals surface area contributed by atoms with Crippen LogP contribution in [0.15, 0.2) is 24.3 Å². The van der Waals surface area contributed by atoms with Gasteiger partial charge in [-0.3, -0.25) is 4.79 Å². The van der Waals surface area contributed by atoms with Crippen molar-refractivity contribution in [1.82, 2.24) is 5.32 Å². The molecule has 1 aliphatic rings. The van der Waals surface area contributed by atoms with E-state index in [1.165, 1.54) is 0 Å². The van der Waals surface area contributed by atoms with Crippen molar-refractivity contribution in [3.05, 3.63) is 24.3 Å². The second-order valence-electron chi connectivity index (χ2n) is 5.44. The Morgan fingerprint density at radius 3 is 2.62 bits per heavy atom. The molecule has 0 aromatic heterocycles. The number of carbonyl (C=O) groups excluding carboxylic acids is 2. The van der Waals surface area contributed by atoms with Crippen LogP contribution in [-0.2, 0) is 4.79 Å². The first kappa shape index (κ1) is 15.3. The molecule has 0 saturated carbocycles. The number of primary amides is 1. The minimum absolute atomic E-state index is 0.0217. The number of benzene rings is 1. The summed E-state index contributed by atoms with van der Waals surface area (Å²) in [5.41, 5.74) is 5.95. The molecule has 0 aliphatic carbocycles. The second kappa shape index (κ2) is 6.58. The van der Waals surface area contributed by atoms with E-state index in [0.29, 0.717) is 17.9 Å². The fraction of sp³-hybridized carbons (Fsp3) is 0.467. The van der Waals surface area contributed by atoms with Crippen molar-refractivity contribution in [1.29, 1.82) is 0 Å². The lowest BCUT2D eigenvalue weighted by atomic mass is 9.77. The van der Waals surface area contributed by atoms with Crippen LogP contribution >= 0.6 is 0 Å². The first-order valence-electron chi connectivity index (χ1n) is 7.24. The summed E-state index contributed by atoms with van der Waals surface area (Å²) in [6, 6.07) is 6.35.